The second-order valence-corrected chi connectivity index (χ2v) is 6.99. The third-order valence-electron chi connectivity index (χ3n) is 5.36. The number of methoxy groups -OCH3 is 1. The number of Topliss-reactive ketones (excluding diaryl/α,β-unsaturated/α-hetero) is 1. The molecular formula is C20H27N3O4. The molecule has 27 heavy (non-hydrogen) atoms. The van der Waals surface area contributed by atoms with E-state index < -0.39 is 5.41 Å². The molecule has 0 radical (unpaired) electrons. The molecule has 1 aliphatic heterocycles. The van der Waals surface area contributed by atoms with Crippen molar-refractivity contribution in [2.24, 2.45) is 5.41 Å². The summed E-state index contributed by atoms with van der Waals surface area (Å²) in [4.78, 5) is 30.0. The zero-order valence-electron chi connectivity index (χ0n) is 16.2. The quantitative estimate of drug-likeness (QED) is 0.593. The number of ketones is 1. The Hall–Kier alpha value is -2.41. The number of carbonyl (C=O) groups excluding carboxylic acids is 2. The van der Waals surface area contributed by atoms with Gasteiger partial charge in [0, 0.05) is 12.6 Å². The molecule has 1 aliphatic rings. The predicted octanol–water partition coefficient (Wildman–Crippen LogP) is 2.55. The van der Waals surface area contributed by atoms with Crippen molar-refractivity contribution in [2.75, 3.05) is 26.8 Å². The number of rotatable bonds is 7. The van der Waals surface area contributed by atoms with Crippen LogP contribution in [-0.4, -0.2) is 47.9 Å². The minimum Gasteiger partial charge on any atom is -0.490 e. The highest BCUT2D eigenvalue weighted by atomic mass is 16.5. The number of nitrogens with zero attached hydrogens (tertiary/aromatic N) is 2. The molecule has 0 unspecified atom stereocenters. The van der Waals surface area contributed by atoms with Gasteiger partial charge >= 0.3 is 5.97 Å². The molecule has 1 saturated heterocycles. The van der Waals surface area contributed by atoms with Crippen molar-refractivity contribution >= 4 is 17.4 Å². The Balaban J connectivity index is 1.85. The average molecular weight is 373 g/mol. The highest BCUT2D eigenvalue weighted by molar-refractivity contribution is 5.97. The summed E-state index contributed by atoms with van der Waals surface area (Å²) in [6, 6.07) is 3.69. The summed E-state index contributed by atoms with van der Waals surface area (Å²) < 4.78 is 12.4. The van der Waals surface area contributed by atoms with Crippen LogP contribution in [0, 0.1) is 12.3 Å². The third kappa shape index (κ3) is 3.69. The molecule has 0 atom stereocenters. The number of ether oxygens (including phenoxy) is 2. The number of aromatic nitrogens is 2. The van der Waals surface area contributed by atoms with E-state index in [1.807, 2.05) is 32.2 Å². The van der Waals surface area contributed by atoms with Crippen LogP contribution < -0.4 is 10.1 Å². The van der Waals surface area contributed by atoms with Crippen molar-refractivity contribution in [3.05, 3.63) is 29.7 Å². The summed E-state index contributed by atoms with van der Waals surface area (Å²) in [5, 5.41) is 3.26. The fourth-order valence-corrected chi connectivity index (χ4v) is 3.91. The molecule has 0 saturated carbocycles. The number of piperidine rings is 1. The number of esters is 1. The molecule has 3 heterocycles. The second kappa shape index (κ2) is 8.08. The van der Waals surface area contributed by atoms with E-state index in [2.05, 4.69) is 10.3 Å². The molecule has 7 heteroatoms. The summed E-state index contributed by atoms with van der Waals surface area (Å²) in [5.41, 5.74) is 1.29. The van der Waals surface area contributed by atoms with Crippen molar-refractivity contribution in [3.63, 3.8) is 0 Å². The molecule has 0 bridgehead atoms. The number of hydrogen-bond acceptors (Lipinski definition) is 6. The van der Waals surface area contributed by atoms with E-state index in [0.717, 1.165) is 13.1 Å². The molecule has 0 aliphatic carbocycles. The van der Waals surface area contributed by atoms with Gasteiger partial charge in [0.2, 0.25) is 0 Å². The van der Waals surface area contributed by atoms with Crippen LogP contribution in [0.3, 0.4) is 0 Å². The maximum absolute atomic E-state index is 13.0. The standard InChI is InChI=1S/C20H27N3O4/c1-4-27-16-6-5-13-23-17(14(2)22-18(16)23)15(24)7-8-20(19(25)26-3)9-11-21-12-10-20/h5-6,13,21H,4,7-12H2,1-3H3. The lowest BCUT2D eigenvalue weighted by atomic mass is 9.74. The van der Waals surface area contributed by atoms with Gasteiger partial charge in [-0.05, 0) is 58.3 Å². The Morgan fingerprint density at radius 3 is 2.74 bits per heavy atom. The lowest BCUT2D eigenvalue weighted by molar-refractivity contribution is -0.155. The van der Waals surface area contributed by atoms with Gasteiger partial charge in [-0.25, -0.2) is 4.98 Å². The SMILES string of the molecule is CCOc1cccn2c(C(=O)CCC3(C(=O)OC)CCNCC3)c(C)nc12. The molecule has 7 nitrogen and oxygen atoms in total. The number of hydrogen-bond donors (Lipinski definition) is 1. The Kier molecular flexibility index (Phi) is 5.79. The lowest BCUT2D eigenvalue weighted by Crippen LogP contribution is -2.43. The molecule has 0 amide bonds. The van der Waals surface area contributed by atoms with E-state index in [-0.39, 0.29) is 18.2 Å². The number of pyridine rings is 1. The summed E-state index contributed by atoms with van der Waals surface area (Å²) in [6.07, 6.45) is 3.97. The summed E-state index contributed by atoms with van der Waals surface area (Å²) in [5.74, 6) is 0.423. The van der Waals surface area contributed by atoms with Crippen LogP contribution in [0.1, 0.15) is 48.8 Å². The number of nitrogens with one attached hydrogen (secondary N) is 1. The average Bonchev–Trinajstić information content (AvgIpc) is 3.03. The normalized spacial score (nSPS) is 16.3. The highest BCUT2D eigenvalue weighted by Gasteiger charge is 2.41. The van der Waals surface area contributed by atoms with Gasteiger partial charge in [0.15, 0.2) is 17.2 Å². The van der Waals surface area contributed by atoms with E-state index in [0.29, 0.717) is 48.7 Å². The molecule has 2 aromatic heterocycles. The van der Waals surface area contributed by atoms with Crippen molar-refractivity contribution < 1.29 is 19.1 Å². The molecule has 1 N–H and O–H groups in total. The first kappa shape index (κ1) is 19.4. The number of fused-ring (bicyclic) bond motifs is 1. The predicted molar refractivity (Wildman–Crippen MR) is 101 cm³/mol. The van der Waals surface area contributed by atoms with E-state index in [9.17, 15) is 9.59 Å². The number of carbonyl (C=O) groups is 2. The van der Waals surface area contributed by atoms with Crippen LogP contribution in [0.2, 0.25) is 0 Å². The summed E-state index contributed by atoms with van der Waals surface area (Å²) >= 11 is 0. The van der Waals surface area contributed by atoms with E-state index in [1.54, 1.807) is 4.40 Å². The second-order valence-electron chi connectivity index (χ2n) is 6.99. The third-order valence-corrected chi connectivity index (χ3v) is 5.36. The van der Waals surface area contributed by atoms with Crippen molar-refractivity contribution in [3.8, 4) is 5.75 Å². The van der Waals surface area contributed by atoms with Gasteiger partial charge in [-0.1, -0.05) is 0 Å². The zero-order chi connectivity index (χ0) is 19.4. The van der Waals surface area contributed by atoms with Crippen LogP contribution in [0.25, 0.3) is 5.65 Å². The Labute approximate surface area is 159 Å². The minimum atomic E-state index is -0.583. The topological polar surface area (TPSA) is 81.9 Å². The first-order valence-electron chi connectivity index (χ1n) is 9.45. The number of aryl methyl sites for hydroxylation is 1. The molecule has 3 rings (SSSR count). The summed E-state index contributed by atoms with van der Waals surface area (Å²) in [6.45, 7) is 5.79. The Bertz CT molecular complexity index is 837. The molecule has 1 fully saturated rings. The van der Waals surface area contributed by atoms with Crippen LogP contribution in [-0.2, 0) is 9.53 Å². The van der Waals surface area contributed by atoms with Crippen LogP contribution in [0.15, 0.2) is 18.3 Å². The van der Waals surface area contributed by atoms with Gasteiger partial charge in [-0.2, -0.15) is 0 Å². The van der Waals surface area contributed by atoms with Crippen molar-refractivity contribution in [1.82, 2.24) is 14.7 Å². The minimum absolute atomic E-state index is 0.0181. The number of imidazole rings is 1. The first-order chi connectivity index (χ1) is 13.0. The van der Waals surface area contributed by atoms with Crippen molar-refractivity contribution in [1.29, 1.82) is 0 Å². The maximum Gasteiger partial charge on any atom is 0.311 e. The van der Waals surface area contributed by atoms with E-state index in [1.165, 1.54) is 7.11 Å². The van der Waals surface area contributed by atoms with Crippen LogP contribution in [0.5, 0.6) is 5.75 Å². The first-order valence-corrected chi connectivity index (χ1v) is 9.45. The largest absolute Gasteiger partial charge is 0.490 e. The van der Waals surface area contributed by atoms with Gasteiger partial charge in [0.05, 0.1) is 24.8 Å². The smallest absolute Gasteiger partial charge is 0.311 e. The zero-order valence-corrected chi connectivity index (χ0v) is 16.2. The van der Waals surface area contributed by atoms with Gasteiger partial charge in [-0.15, -0.1) is 0 Å². The monoisotopic (exact) mass is 373 g/mol. The van der Waals surface area contributed by atoms with Crippen LogP contribution in [0.4, 0.5) is 0 Å². The van der Waals surface area contributed by atoms with Gasteiger partial charge in [0.25, 0.3) is 0 Å². The molecule has 2 aromatic rings. The Morgan fingerprint density at radius 2 is 2.07 bits per heavy atom. The molecule has 0 spiro atoms. The maximum atomic E-state index is 13.0. The summed E-state index contributed by atoms with van der Waals surface area (Å²) in [7, 11) is 1.41. The highest BCUT2D eigenvalue weighted by Crippen LogP contribution is 2.36. The fourth-order valence-electron chi connectivity index (χ4n) is 3.91. The fraction of sp³-hybridized carbons (Fsp3) is 0.550. The molecular weight excluding hydrogens is 346 g/mol. The van der Waals surface area contributed by atoms with E-state index in [4.69, 9.17) is 9.47 Å². The van der Waals surface area contributed by atoms with Gasteiger partial charge in [0.1, 0.15) is 5.69 Å². The van der Waals surface area contributed by atoms with Crippen LogP contribution >= 0.6 is 0 Å². The molecule has 146 valence electrons. The van der Waals surface area contributed by atoms with Crippen molar-refractivity contribution in [2.45, 2.75) is 39.5 Å². The van der Waals surface area contributed by atoms with Gasteiger partial charge < -0.3 is 14.8 Å². The Morgan fingerprint density at radius 1 is 1.33 bits per heavy atom. The lowest BCUT2D eigenvalue weighted by Gasteiger charge is -2.34. The molecule has 0 aromatic carbocycles. The van der Waals surface area contributed by atoms with Gasteiger partial charge in [-0.3, -0.25) is 14.0 Å². The van der Waals surface area contributed by atoms with E-state index >= 15 is 0 Å².